The van der Waals surface area contributed by atoms with Gasteiger partial charge in [0.2, 0.25) is 11.7 Å². The Morgan fingerprint density at radius 3 is 2.47 bits per heavy atom. The van der Waals surface area contributed by atoms with Crippen LogP contribution in [0.15, 0.2) is 4.52 Å². The summed E-state index contributed by atoms with van der Waals surface area (Å²) >= 11 is 0. The molecule has 1 unspecified atom stereocenters. The molecule has 2 N–H and O–H groups in total. The summed E-state index contributed by atoms with van der Waals surface area (Å²) in [6.07, 6.45) is 2.26. The molecule has 1 aromatic heterocycles. The van der Waals surface area contributed by atoms with Gasteiger partial charge >= 0.3 is 0 Å². The minimum absolute atomic E-state index is 0.0213. The van der Waals surface area contributed by atoms with Crippen molar-refractivity contribution in [3.8, 4) is 0 Å². The summed E-state index contributed by atoms with van der Waals surface area (Å²) in [5.41, 5.74) is 5.29. The molecule has 0 fully saturated rings. The SMILES string of the molecule is CCOC(CC)(CC)c1noc(CC(C)N)n1. The van der Waals surface area contributed by atoms with Gasteiger partial charge in [-0.05, 0) is 26.7 Å². The van der Waals surface area contributed by atoms with Crippen molar-refractivity contribution in [3.05, 3.63) is 11.7 Å². The monoisotopic (exact) mass is 241 g/mol. The van der Waals surface area contributed by atoms with Crippen LogP contribution < -0.4 is 5.73 Å². The quantitative estimate of drug-likeness (QED) is 0.790. The van der Waals surface area contributed by atoms with E-state index >= 15 is 0 Å². The molecule has 0 spiro atoms. The number of rotatable bonds is 7. The Morgan fingerprint density at radius 1 is 1.35 bits per heavy atom. The van der Waals surface area contributed by atoms with Crippen LogP contribution in [0.3, 0.4) is 0 Å². The number of nitrogens with two attached hydrogens (primary N) is 1. The first kappa shape index (κ1) is 14.1. The highest BCUT2D eigenvalue weighted by Crippen LogP contribution is 2.30. The first-order chi connectivity index (χ1) is 8.07. The smallest absolute Gasteiger partial charge is 0.228 e. The van der Waals surface area contributed by atoms with Crippen molar-refractivity contribution < 1.29 is 9.26 Å². The lowest BCUT2D eigenvalue weighted by Crippen LogP contribution is -2.30. The van der Waals surface area contributed by atoms with E-state index in [2.05, 4.69) is 24.0 Å². The summed E-state index contributed by atoms with van der Waals surface area (Å²) in [4.78, 5) is 4.40. The van der Waals surface area contributed by atoms with Gasteiger partial charge in [0.25, 0.3) is 0 Å². The van der Waals surface area contributed by atoms with E-state index in [1.54, 1.807) is 0 Å². The Morgan fingerprint density at radius 2 is 2.00 bits per heavy atom. The summed E-state index contributed by atoms with van der Waals surface area (Å²) in [7, 11) is 0. The molecule has 17 heavy (non-hydrogen) atoms. The number of nitrogens with zero attached hydrogens (tertiary/aromatic N) is 2. The lowest BCUT2D eigenvalue weighted by molar-refractivity contribution is -0.0583. The first-order valence-corrected chi connectivity index (χ1v) is 6.30. The Bertz CT molecular complexity index is 332. The normalized spacial score (nSPS) is 13.9. The molecule has 1 rings (SSSR count). The predicted molar refractivity (Wildman–Crippen MR) is 65.5 cm³/mol. The summed E-state index contributed by atoms with van der Waals surface area (Å²) in [5, 5.41) is 4.04. The van der Waals surface area contributed by atoms with E-state index in [4.69, 9.17) is 15.0 Å². The van der Waals surface area contributed by atoms with Gasteiger partial charge in [0.15, 0.2) is 0 Å². The van der Waals surface area contributed by atoms with Crippen molar-refractivity contribution in [1.82, 2.24) is 10.1 Å². The standard InChI is InChI=1S/C12H23N3O2/c1-5-12(6-2,16-7-3)11-14-10(17-15-11)8-9(4)13/h9H,5-8,13H2,1-4H3. The molecular weight excluding hydrogens is 218 g/mol. The Hall–Kier alpha value is -0.940. The molecule has 0 saturated heterocycles. The third-order valence-corrected chi connectivity index (χ3v) is 2.94. The maximum Gasteiger partial charge on any atom is 0.228 e. The van der Waals surface area contributed by atoms with E-state index in [1.165, 1.54) is 0 Å². The van der Waals surface area contributed by atoms with Crippen molar-refractivity contribution >= 4 is 0 Å². The highest BCUT2D eigenvalue weighted by molar-refractivity contribution is 5.01. The molecule has 5 heteroatoms. The highest BCUT2D eigenvalue weighted by Gasteiger charge is 2.34. The van der Waals surface area contributed by atoms with Crippen LogP contribution in [0.25, 0.3) is 0 Å². The number of aromatic nitrogens is 2. The lowest BCUT2D eigenvalue weighted by Gasteiger charge is -2.27. The van der Waals surface area contributed by atoms with E-state index < -0.39 is 5.60 Å². The van der Waals surface area contributed by atoms with E-state index in [0.29, 0.717) is 24.7 Å². The summed E-state index contributed by atoms with van der Waals surface area (Å²) in [6.45, 7) is 8.67. The van der Waals surface area contributed by atoms with Crippen LogP contribution in [0.5, 0.6) is 0 Å². The molecule has 1 aromatic rings. The second kappa shape index (κ2) is 6.12. The largest absolute Gasteiger partial charge is 0.367 e. The van der Waals surface area contributed by atoms with Crippen LogP contribution in [-0.4, -0.2) is 22.8 Å². The molecule has 0 radical (unpaired) electrons. The van der Waals surface area contributed by atoms with Crippen molar-refractivity contribution in [1.29, 1.82) is 0 Å². The summed E-state index contributed by atoms with van der Waals surface area (Å²) in [6, 6.07) is 0.0213. The molecule has 0 amide bonds. The molecule has 0 aliphatic rings. The minimum atomic E-state index is -0.422. The van der Waals surface area contributed by atoms with Gasteiger partial charge in [-0.15, -0.1) is 0 Å². The van der Waals surface area contributed by atoms with E-state index in [9.17, 15) is 0 Å². The van der Waals surface area contributed by atoms with Gasteiger partial charge in [0.1, 0.15) is 5.60 Å². The second-order valence-electron chi connectivity index (χ2n) is 4.33. The first-order valence-electron chi connectivity index (χ1n) is 6.30. The van der Waals surface area contributed by atoms with Crippen LogP contribution in [0.2, 0.25) is 0 Å². The average Bonchev–Trinajstić information content (AvgIpc) is 2.74. The molecule has 0 aliphatic heterocycles. The topological polar surface area (TPSA) is 74.2 Å². The Labute approximate surface area is 103 Å². The van der Waals surface area contributed by atoms with Gasteiger partial charge in [-0.2, -0.15) is 4.98 Å². The number of hydrogen-bond donors (Lipinski definition) is 1. The zero-order valence-corrected chi connectivity index (χ0v) is 11.2. The van der Waals surface area contributed by atoms with Crippen LogP contribution in [0.1, 0.15) is 52.3 Å². The van der Waals surface area contributed by atoms with Crippen molar-refractivity contribution in [3.63, 3.8) is 0 Å². The van der Waals surface area contributed by atoms with Crippen LogP contribution in [0.4, 0.5) is 0 Å². The van der Waals surface area contributed by atoms with Gasteiger partial charge in [0.05, 0.1) is 0 Å². The summed E-state index contributed by atoms with van der Waals surface area (Å²) in [5.74, 6) is 1.22. The van der Waals surface area contributed by atoms with Crippen molar-refractivity contribution in [2.24, 2.45) is 5.73 Å². The maximum atomic E-state index is 5.82. The molecule has 1 heterocycles. The molecule has 98 valence electrons. The molecule has 0 aliphatic carbocycles. The molecular formula is C12H23N3O2. The second-order valence-corrected chi connectivity index (χ2v) is 4.33. The Balaban J connectivity index is 2.91. The fourth-order valence-corrected chi connectivity index (χ4v) is 1.91. The van der Waals surface area contributed by atoms with Gasteiger partial charge in [-0.3, -0.25) is 0 Å². The van der Waals surface area contributed by atoms with E-state index in [-0.39, 0.29) is 6.04 Å². The van der Waals surface area contributed by atoms with Gasteiger partial charge in [-0.25, -0.2) is 0 Å². The van der Waals surface area contributed by atoms with E-state index in [0.717, 1.165) is 12.8 Å². The molecule has 0 aromatic carbocycles. The third-order valence-electron chi connectivity index (χ3n) is 2.94. The summed E-state index contributed by atoms with van der Waals surface area (Å²) < 4.78 is 11.0. The van der Waals surface area contributed by atoms with Crippen molar-refractivity contribution in [2.75, 3.05) is 6.61 Å². The number of hydrogen-bond acceptors (Lipinski definition) is 5. The average molecular weight is 241 g/mol. The molecule has 5 nitrogen and oxygen atoms in total. The molecule has 1 atom stereocenters. The van der Waals surface area contributed by atoms with Crippen molar-refractivity contribution in [2.45, 2.75) is 58.6 Å². The molecule has 0 bridgehead atoms. The molecule has 0 saturated carbocycles. The van der Waals surface area contributed by atoms with Crippen LogP contribution in [0, 0.1) is 0 Å². The zero-order valence-electron chi connectivity index (χ0n) is 11.2. The zero-order chi connectivity index (χ0) is 12.9. The minimum Gasteiger partial charge on any atom is -0.367 e. The fourth-order valence-electron chi connectivity index (χ4n) is 1.91. The Kier molecular flexibility index (Phi) is 5.08. The van der Waals surface area contributed by atoms with E-state index in [1.807, 2.05) is 13.8 Å². The number of ether oxygens (including phenoxy) is 1. The van der Waals surface area contributed by atoms with Crippen LogP contribution >= 0.6 is 0 Å². The highest BCUT2D eigenvalue weighted by atomic mass is 16.5. The van der Waals surface area contributed by atoms with Gasteiger partial charge in [-0.1, -0.05) is 19.0 Å². The maximum absolute atomic E-state index is 5.82. The van der Waals surface area contributed by atoms with Crippen LogP contribution in [-0.2, 0) is 16.8 Å². The predicted octanol–water partition coefficient (Wildman–Crippen LogP) is 2.01. The third kappa shape index (κ3) is 3.26. The fraction of sp³-hybridized carbons (Fsp3) is 0.833. The van der Waals surface area contributed by atoms with Gasteiger partial charge < -0.3 is 15.0 Å². The lowest BCUT2D eigenvalue weighted by atomic mass is 9.96. The van der Waals surface area contributed by atoms with Gasteiger partial charge in [0, 0.05) is 19.1 Å².